The predicted molar refractivity (Wildman–Crippen MR) is 102 cm³/mol. The molecule has 3 rings (SSSR count). The standard InChI is InChI=1S/C20H27N5O/c1-14(2)20(26)25-9-5-7-16(12-25)10-17-11-19(22-13-21-17)24-18-8-4-6-15(3)23-18/h4,6,8,11,13-14,16H,5,7,9-10,12H2,1-3H3,(H,21,22,23,24). The van der Waals surface area contributed by atoms with Crippen molar-refractivity contribution in [2.75, 3.05) is 18.4 Å². The summed E-state index contributed by atoms with van der Waals surface area (Å²) in [6, 6.07) is 7.83. The summed E-state index contributed by atoms with van der Waals surface area (Å²) in [5.41, 5.74) is 1.96. The Morgan fingerprint density at radius 3 is 2.92 bits per heavy atom. The molecule has 0 aliphatic carbocycles. The Bertz CT molecular complexity index is 761. The minimum absolute atomic E-state index is 0.0606. The third kappa shape index (κ3) is 4.77. The van der Waals surface area contributed by atoms with Crippen LogP contribution in [0.15, 0.2) is 30.6 Å². The number of hydrogen-bond acceptors (Lipinski definition) is 5. The van der Waals surface area contributed by atoms with Gasteiger partial charge in [0.1, 0.15) is 18.0 Å². The Kier molecular flexibility index (Phi) is 5.81. The van der Waals surface area contributed by atoms with Crippen molar-refractivity contribution in [2.45, 2.75) is 40.0 Å². The molecule has 1 atom stereocenters. The van der Waals surface area contributed by atoms with E-state index in [-0.39, 0.29) is 11.8 Å². The molecule has 0 spiro atoms. The Balaban J connectivity index is 1.64. The number of pyridine rings is 1. The van der Waals surface area contributed by atoms with E-state index in [1.165, 1.54) is 0 Å². The number of aromatic nitrogens is 3. The van der Waals surface area contributed by atoms with Crippen LogP contribution < -0.4 is 5.32 Å². The summed E-state index contributed by atoms with van der Waals surface area (Å²) in [5.74, 6) is 2.29. The highest BCUT2D eigenvalue weighted by Crippen LogP contribution is 2.22. The maximum absolute atomic E-state index is 12.3. The van der Waals surface area contributed by atoms with Gasteiger partial charge in [-0.3, -0.25) is 4.79 Å². The van der Waals surface area contributed by atoms with Crippen LogP contribution >= 0.6 is 0 Å². The molecule has 6 nitrogen and oxygen atoms in total. The number of likely N-dealkylation sites (tertiary alicyclic amines) is 1. The average molecular weight is 353 g/mol. The van der Waals surface area contributed by atoms with Crippen LogP contribution in [-0.4, -0.2) is 38.8 Å². The number of hydrogen-bond donors (Lipinski definition) is 1. The smallest absolute Gasteiger partial charge is 0.225 e. The molecule has 26 heavy (non-hydrogen) atoms. The molecule has 2 aromatic rings. The van der Waals surface area contributed by atoms with Crippen LogP contribution in [0.3, 0.4) is 0 Å². The van der Waals surface area contributed by atoms with Gasteiger partial charge in [-0.15, -0.1) is 0 Å². The van der Waals surface area contributed by atoms with E-state index in [4.69, 9.17) is 0 Å². The first kappa shape index (κ1) is 18.3. The number of nitrogens with zero attached hydrogens (tertiary/aromatic N) is 4. The second-order valence-corrected chi connectivity index (χ2v) is 7.34. The molecule has 6 heteroatoms. The first-order chi connectivity index (χ1) is 12.5. The van der Waals surface area contributed by atoms with Crippen LogP contribution in [0.4, 0.5) is 11.6 Å². The van der Waals surface area contributed by atoms with Crippen molar-refractivity contribution in [3.8, 4) is 0 Å². The van der Waals surface area contributed by atoms with Gasteiger partial charge in [0.15, 0.2) is 0 Å². The monoisotopic (exact) mass is 353 g/mol. The van der Waals surface area contributed by atoms with Crippen LogP contribution in [0.5, 0.6) is 0 Å². The molecule has 138 valence electrons. The summed E-state index contributed by atoms with van der Waals surface area (Å²) < 4.78 is 0. The Hall–Kier alpha value is -2.50. The fourth-order valence-corrected chi connectivity index (χ4v) is 3.41. The van der Waals surface area contributed by atoms with Gasteiger partial charge in [-0.1, -0.05) is 19.9 Å². The van der Waals surface area contributed by atoms with E-state index in [0.29, 0.717) is 5.92 Å². The average Bonchev–Trinajstić information content (AvgIpc) is 2.61. The molecule has 1 N–H and O–H groups in total. The van der Waals surface area contributed by atoms with Crippen molar-refractivity contribution in [3.05, 3.63) is 42.0 Å². The van der Waals surface area contributed by atoms with Gasteiger partial charge in [-0.05, 0) is 44.2 Å². The Morgan fingerprint density at radius 1 is 1.31 bits per heavy atom. The van der Waals surface area contributed by atoms with Gasteiger partial charge in [0.25, 0.3) is 0 Å². The summed E-state index contributed by atoms with van der Waals surface area (Å²) in [6.45, 7) is 7.59. The second kappa shape index (κ2) is 8.25. The Morgan fingerprint density at radius 2 is 2.15 bits per heavy atom. The van der Waals surface area contributed by atoms with Crippen molar-refractivity contribution in [3.63, 3.8) is 0 Å². The lowest BCUT2D eigenvalue weighted by Gasteiger charge is -2.33. The molecule has 0 aromatic carbocycles. The van der Waals surface area contributed by atoms with Crippen LogP contribution in [0.2, 0.25) is 0 Å². The first-order valence-corrected chi connectivity index (χ1v) is 9.31. The molecule has 0 bridgehead atoms. The fourth-order valence-electron chi connectivity index (χ4n) is 3.41. The van der Waals surface area contributed by atoms with E-state index in [9.17, 15) is 4.79 Å². The van der Waals surface area contributed by atoms with Gasteiger partial charge in [0.2, 0.25) is 5.91 Å². The zero-order valence-electron chi connectivity index (χ0n) is 15.8. The van der Waals surface area contributed by atoms with E-state index in [2.05, 4.69) is 20.3 Å². The van der Waals surface area contributed by atoms with Gasteiger partial charge in [-0.2, -0.15) is 0 Å². The SMILES string of the molecule is Cc1cccc(Nc2cc(CC3CCCN(C(=O)C(C)C)C3)ncn2)n1. The fraction of sp³-hybridized carbons (Fsp3) is 0.500. The molecule has 0 radical (unpaired) electrons. The quantitative estimate of drug-likeness (QED) is 0.892. The van der Waals surface area contributed by atoms with E-state index in [1.54, 1.807) is 6.33 Å². The van der Waals surface area contributed by atoms with Crippen molar-refractivity contribution in [1.82, 2.24) is 19.9 Å². The van der Waals surface area contributed by atoms with Crippen molar-refractivity contribution in [1.29, 1.82) is 0 Å². The number of nitrogens with one attached hydrogen (secondary N) is 1. The molecule has 1 aliphatic heterocycles. The van der Waals surface area contributed by atoms with E-state index < -0.39 is 0 Å². The summed E-state index contributed by atoms with van der Waals surface area (Å²) in [4.78, 5) is 27.4. The first-order valence-electron chi connectivity index (χ1n) is 9.31. The number of amides is 1. The summed E-state index contributed by atoms with van der Waals surface area (Å²) in [6.07, 6.45) is 4.65. The normalized spacial score (nSPS) is 17.4. The highest BCUT2D eigenvalue weighted by molar-refractivity contribution is 5.78. The maximum atomic E-state index is 12.3. The van der Waals surface area contributed by atoms with Gasteiger partial charge in [-0.25, -0.2) is 15.0 Å². The lowest BCUT2D eigenvalue weighted by Crippen LogP contribution is -2.42. The summed E-state index contributed by atoms with van der Waals surface area (Å²) >= 11 is 0. The zero-order chi connectivity index (χ0) is 18.5. The van der Waals surface area contributed by atoms with Crippen LogP contribution in [0.1, 0.15) is 38.1 Å². The number of carbonyl (C=O) groups is 1. The zero-order valence-corrected chi connectivity index (χ0v) is 15.8. The van der Waals surface area contributed by atoms with Crippen LogP contribution in [0.25, 0.3) is 0 Å². The topological polar surface area (TPSA) is 71.0 Å². The number of carbonyl (C=O) groups excluding carboxylic acids is 1. The van der Waals surface area contributed by atoms with Crippen molar-refractivity contribution >= 4 is 17.5 Å². The highest BCUT2D eigenvalue weighted by atomic mass is 16.2. The van der Waals surface area contributed by atoms with E-state index >= 15 is 0 Å². The van der Waals surface area contributed by atoms with Crippen molar-refractivity contribution < 1.29 is 4.79 Å². The lowest BCUT2D eigenvalue weighted by molar-refractivity contribution is -0.136. The molecule has 1 aliphatic rings. The summed E-state index contributed by atoms with van der Waals surface area (Å²) in [7, 11) is 0. The second-order valence-electron chi connectivity index (χ2n) is 7.34. The number of rotatable bonds is 5. The number of anilines is 2. The maximum Gasteiger partial charge on any atom is 0.225 e. The molecule has 1 amide bonds. The van der Waals surface area contributed by atoms with Crippen LogP contribution in [-0.2, 0) is 11.2 Å². The Labute approximate surface area is 155 Å². The molecule has 2 aromatic heterocycles. The minimum Gasteiger partial charge on any atom is -0.342 e. The molecular weight excluding hydrogens is 326 g/mol. The van der Waals surface area contributed by atoms with Gasteiger partial charge in [0, 0.05) is 36.5 Å². The third-order valence-corrected chi connectivity index (χ3v) is 4.69. The van der Waals surface area contributed by atoms with Crippen LogP contribution in [0, 0.1) is 18.8 Å². The molecule has 1 fully saturated rings. The highest BCUT2D eigenvalue weighted by Gasteiger charge is 2.25. The van der Waals surface area contributed by atoms with Gasteiger partial charge < -0.3 is 10.2 Å². The van der Waals surface area contributed by atoms with Gasteiger partial charge >= 0.3 is 0 Å². The van der Waals surface area contributed by atoms with E-state index in [1.807, 2.05) is 49.9 Å². The number of piperidine rings is 1. The molecule has 1 unspecified atom stereocenters. The predicted octanol–water partition coefficient (Wildman–Crippen LogP) is 3.36. The van der Waals surface area contributed by atoms with Crippen molar-refractivity contribution in [2.24, 2.45) is 11.8 Å². The number of aryl methyl sites for hydroxylation is 1. The molecule has 0 saturated carbocycles. The molecular formula is C20H27N5O. The largest absolute Gasteiger partial charge is 0.342 e. The minimum atomic E-state index is 0.0606. The molecule has 3 heterocycles. The molecule has 1 saturated heterocycles. The van der Waals surface area contributed by atoms with Gasteiger partial charge in [0.05, 0.1) is 0 Å². The third-order valence-electron chi connectivity index (χ3n) is 4.69. The van der Waals surface area contributed by atoms with E-state index in [0.717, 1.165) is 55.4 Å². The lowest BCUT2D eigenvalue weighted by atomic mass is 9.92. The summed E-state index contributed by atoms with van der Waals surface area (Å²) in [5, 5.41) is 3.24.